The number of nitrogens with zero attached hydrogens (tertiary/aromatic N) is 2. The molecule has 90 valence electrons. The predicted octanol–water partition coefficient (Wildman–Crippen LogP) is 2.32. The molecule has 7 heteroatoms. The monoisotopic (exact) mass is 235 g/mol. The van der Waals surface area contributed by atoms with Crippen LogP contribution < -0.4 is 10.1 Å². The third-order valence-electron chi connectivity index (χ3n) is 1.60. The SMILES string of the molecule is COc1cc(NC(C)C)nc(C(F)(F)F)n1. The highest BCUT2D eigenvalue weighted by molar-refractivity contribution is 5.39. The summed E-state index contributed by atoms with van der Waals surface area (Å²) >= 11 is 0. The third-order valence-corrected chi connectivity index (χ3v) is 1.60. The number of nitrogens with one attached hydrogen (secondary N) is 1. The van der Waals surface area contributed by atoms with Crippen LogP contribution in [0.1, 0.15) is 19.7 Å². The van der Waals surface area contributed by atoms with Crippen LogP contribution in [0.3, 0.4) is 0 Å². The van der Waals surface area contributed by atoms with Gasteiger partial charge in [-0.05, 0) is 13.8 Å². The first-order chi connectivity index (χ1) is 7.32. The first-order valence-electron chi connectivity index (χ1n) is 4.59. The lowest BCUT2D eigenvalue weighted by Gasteiger charge is -2.12. The van der Waals surface area contributed by atoms with Gasteiger partial charge in [-0.2, -0.15) is 18.2 Å². The van der Waals surface area contributed by atoms with Crippen LogP contribution in [0, 0.1) is 0 Å². The Morgan fingerprint density at radius 1 is 1.31 bits per heavy atom. The van der Waals surface area contributed by atoms with Gasteiger partial charge in [0.15, 0.2) is 0 Å². The van der Waals surface area contributed by atoms with Crippen molar-refractivity contribution < 1.29 is 17.9 Å². The number of alkyl halides is 3. The van der Waals surface area contributed by atoms with E-state index in [4.69, 9.17) is 0 Å². The zero-order valence-electron chi connectivity index (χ0n) is 9.09. The maximum absolute atomic E-state index is 12.4. The Kier molecular flexibility index (Phi) is 3.56. The van der Waals surface area contributed by atoms with Crippen molar-refractivity contribution in [2.24, 2.45) is 0 Å². The molecule has 0 fully saturated rings. The van der Waals surface area contributed by atoms with Crippen LogP contribution in [0.15, 0.2) is 6.07 Å². The molecule has 0 atom stereocenters. The summed E-state index contributed by atoms with van der Waals surface area (Å²) in [7, 11) is 1.25. The molecule has 1 rings (SSSR count). The standard InChI is InChI=1S/C9H12F3N3O/c1-5(2)13-6-4-7(16-3)15-8(14-6)9(10,11)12/h4-5H,1-3H3,(H,13,14,15). The summed E-state index contributed by atoms with van der Waals surface area (Å²) in [4.78, 5) is 6.60. The Morgan fingerprint density at radius 3 is 2.38 bits per heavy atom. The molecule has 0 bridgehead atoms. The lowest BCUT2D eigenvalue weighted by Crippen LogP contribution is -2.16. The Morgan fingerprint density at radius 2 is 1.94 bits per heavy atom. The summed E-state index contributed by atoms with van der Waals surface area (Å²) in [6, 6.07) is 1.29. The van der Waals surface area contributed by atoms with Gasteiger partial charge in [0.1, 0.15) is 5.82 Å². The van der Waals surface area contributed by atoms with Crippen LogP contribution in [-0.4, -0.2) is 23.1 Å². The number of methoxy groups -OCH3 is 1. The van der Waals surface area contributed by atoms with E-state index < -0.39 is 12.0 Å². The molecule has 0 aliphatic rings. The average Bonchev–Trinajstić information content (AvgIpc) is 2.14. The van der Waals surface area contributed by atoms with E-state index >= 15 is 0 Å². The molecule has 4 nitrogen and oxygen atoms in total. The maximum Gasteiger partial charge on any atom is 0.451 e. The van der Waals surface area contributed by atoms with Gasteiger partial charge >= 0.3 is 6.18 Å². The van der Waals surface area contributed by atoms with E-state index in [2.05, 4.69) is 20.0 Å². The van der Waals surface area contributed by atoms with Crippen molar-refractivity contribution in [1.29, 1.82) is 0 Å². The minimum atomic E-state index is -4.58. The van der Waals surface area contributed by atoms with Crippen molar-refractivity contribution in [3.05, 3.63) is 11.9 Å². The van der Waals surface area contributed by atoms with E-state index in [0.29, 0.717) is 0 Å². The van der Waals surface area contributed by atoms with Crippen LogP contribution in [0.4, 0.5) is 19.0 Å². The Balaban J connectivity index is 3.11. The molecule has 0 unspecified atom stereocenters. The zero-order chi connectivity index (χ0) is 12.3. The van der Waals surface area contributed by atoms with E-state index in [9.17, 15) is 13.2 Å². The van der Waals surface area contributed by atoms with Gasteiger partial charge in [0, 0.05) is 12.1 Å². The number of halogens is 3. The van der Waals surface area contributed by atoms with Gasteiger partial charge in [0.05, 0.1) is 7.11 Å². The van der Waals surface area contributed by atoms with Gasteiger partial charge in [0.25, 0.3) is 0 Å². The first kappa shape index (κ1) is 12.5. The first-order valence-corrected chi connectivity index (χ1v) is 4.59. The molecule has 1 heterocycles. The number of anilines is 1. The third kappa shape index (κ3) is 3.25. The molecule has 0 spiro atoms. The molecule has 0 amide bonds. The summed E-state index contributed by atoms with van der Waals surface area (Å²) in [6.07, 6.45) is -4.58. The number of ether oxygens (including phenoxy) is 1. The summed E-state index contributed by atoms with van der Waals surface area (Å²) in [6.45, 7) is 3.59. The molecular formula is C9H12F3N3O. The van der Waals surface area contributed by atoms with Crippen molar-refractivity contribution in [3.8, 4) is 5.88 Å². The van der Waals surface area contributed by atoms with Crippen molar-refractivity contribution in [3.63, 3.8) is 0 Å². The fourth-order valence-electron chi connectivity index (χ4n) is 1.03. The highest BCUT2D eigenvalue weighted by Gasteiger charge is 2.35. The second-order valence-electron chi connectivity index (χ2n) is 3.42. The minimum Gasteiger partial charge on any atom is -0.481 e. The molecule has 0 saturated heterocycles. The van der Waals surface area contributed by atoms with E-state index in [1.807, 2.05) is 0 Å². The molecule has 1 aromatic heterocycles. The smallest absolute Gasteiger partial charge is 0.451 e. The Bertz CT molecular complexity index is 366. The van der Waals surface area contributed by atoms with E-state index in [1.54, 1.807) is 13.8 Å². The van der Waals surface area contributed by atoms with E-state index in [1.165, 1.54) is 13.2 Å². The van der Waals surface area contributed by atoms with Crippen molar-refractivity contribution in [1.82, 2.24) is 9.97 Å². The van der Waals surface area contributed by atoms with Crippen LogP contribution in [0.5, 0.6) is 5.88 Å². The highest BCUT2D eigenvalue weighted by Crippen LogP contribution is 2.28. The molecule has 0 saturated carbocycles. The quantitative estimate of drug-likeness (QED) is 0.873. The normalized spacial score (nSPS) is 11.7. The van der Waals surface area contributed by atoms with Crippen LogP contribution >= 0.6 is 0 Å². The average molecular weight is 235 g/mol. The number of hydrogen-bond donors (Lipinski definition) is 1. The van der Waals surface area contributed by atoms with Crippen LogP contribution in [0.2, 0.25) is 0 Å². The molecule has 1 N–H and O–H groups in total. The van der Waals surface area contributed by atoms with Gasteiger partial charge in [-0.1, -0.05) is 0 Å². The lowest BCUT2D eigenvalue weighted by atomic mass is 10.4. The van der Waals surface area contributed by atoms with Crippen molar-refractivity contribution >= 4 is 5.82 Å². The predicted molar refractivity (Wildman–Crippen MR) is 52.3 cm³/mol. The zero-order valence-corrected chi connectivity index (χ0v) is 9.09. The second kappa shape index (κ2) is 4.54. The van der Waals surface area contributed by atoms with Gasteiger partial charge in [-0.15, -0.1) is 0 Å². The van der Waals surface area contributed by atoms with Gasteiger partial charge in [-0.25, -0.2) is 4.98 Å². The lowest BCUT2D eigenvalue weighted by molar-refractivity contribution is -0.145. The van der Waals surface area contributed by atoms with Gasteiger partial charge in [-0.3, -0.25) is 0 Å². The topological polar surface area (TPSA) is 47.0 Å². The minimum absolute atomic E-state index is 0.0271. The molecule has 16 heavy (non-hydrogen) atoms. The van der Waals surface area contributed by atoms with Gasteiger partial charge in [0.2, 0.25) is 11.7 Å². The summed E-state index contributed by atoms with van der Waals surface area (Å²) in [5.74, 6) is -1.24. The highest BCUT2D eigenvalue weighted by atomic mass is 19.4. The maximum atomic E-state index is 12.4. The fraction of sp³-hybridized carbons (Fsp3) is 0.556. The molecule has 0 aliphatic heterocycles. The van der Waals surface area contributed by atoms with Crippen molar-refractivity contribution in [2.75, 3.05) is 12.4 Å². The number of aromatic nitrogens is 2. The summed E-state index contributed by atoms with van der Waals surface area (Å²) < 4.78 is 41.9. The number of hydrogen-bond acceptors (Lipinski definition) is 4. The summed E-state index contributed by atoms with van der Waals surface area (Å²) in [5, 5.41) is 2.76. The number of rotatable bonds is 3. The molecule has 0 aromatic carbocycles. The molecule has 0 aliphatic carbocycles. The van der Waals surface area contributed by atoms with Crippen LogP contribution in [-0.2, 0) is 6.18 Å². The van der Waals surface area contributed by atoms with E-state index in [0.717, 1.165) is 0 Å². The van der Waals surface area contributed by atoms with Crippen LogP contribution in [0.25, 0.3) is 0 Å². The molecular weight excluding hydrogens is 223 g/mol. The Hall–Kier alpha value is -1.53. The largest absolute Gasteiger partial charge is 0.481 e. The fourth-order valence-corrected chi connectivity index (χ4v) is 1.03. The van der Waals surface area contributed by atoms with Gasteiger partial charge < -0.3 is 10.1 Å². The van der Waals surface area contributed by atoms with Crippen molar-refractivity contribution in [2.45, 2.75) is 26.1 Å². The second-order valence-corrected chi connectivity index (χ2v) is 3.42. The Labute approximate surface area is 90.9 Å². The van der Waals surface area contributed by atoms with E-state index in [-0.39, 0.29) is 17.7 Å². The molecule has 0 radical (unpaired) electrons. The molecule has 1 aromatic rings. The summed E-state index contributed by atoms with van der Waals surface area (Å²) in [5.41, 5.74) is 0.